The van der Waals surface area contributed by atoms with E-state index in [0.717, 1.165) is 13.8 Å². The average Bonchev–Trinajstić information content (AvgIpc) is 3.30. The lowest BCUT2D eigenvalue weighted by atomic mass is 9.96. The molecule has 2 fully saturated rings. The molecule has 0 aromatic rings. The Morgan fingerprint density at radius 1 is 0.771 bits per heavy atom. The second kappa shape index (κ2) is 18.8. The molecule has 276 valence electrons. The van der Waals surface area contributed by atoms with Gasteiger partial charge in [-0.05, 0) is 18.8 Å². The van der Waals surface area contributed by atoms with Crippen LogP contribution in [0.15, 0.2) is 0 Å². The molecule has 0 radical (unpaired) electrons. The van der Waals surface area contributed by atoms with Gasteiger partial charge in [-0.3, -0.25) is 24.0 Å². The molecule has 16 nitrogen and oxygen atoms in total. The molecule has 12 unspecified atom stereocenters. The largest absolute Gasteiger partial charge is 0.463 e. The van der Waals surface area contributed by atoms with E-state index in [1.54, 1.807) is 27.7 Å². The molecule has 2 rings (SSSR count). The van der Waals surface area contributed by atoms with Crippen LogP contribution >= 0.6 is 0 Å². The fourth-order valence-corrected chi connectivity index (χ4v) is 4.96. The Morgan fingerprint density at radius 2 is 1.35 bits per heavy atom. The van der Waals surface area contributed by atoms with Gasteiger partial charge >= 0.3 is 29.8 Å². The van der Waals surface area contributed by atoms with Gasteiger partial charge in [0.1, 0.15) is 31.5 Å². The highest BCUT2D eigenvalue weighted by Crippen LogP contribution is 2.40. The molecule has 3 N–H and O–H groups in total. The van der Waals surface area contributed by atoms with Gasteiger partial charge in [0.05, 0.1) is 18.4 Å². The van der Waals surface area contributed by atoms with Gasteiger partial charge in [0.25, 0.3) is 0 Å². The molecule has 0 bridgehead atoms. The van der Waals surface area contributed by atoms with Crippen LogP contribution in [0.25, 0.3) is 0 Å². The number of aliphatic hydroxyl groups excluding tert-OH is 3. The molecule has 48 heavy (non-hydrogen) atoms. The van der Waals surface area contributed by atoms with Gasteiger partial charge in [-0.15, -0.1) is 0 Å². The predicted octanol–water partition coefficient (Wildman–Crippen LogP) is 0.927. The van der Waals surface area contributed by atoms with E-state index in [1.165, 1.54) is 0 Å². The first-order chi connectivity index (χ1) is 22.6. The topological polar surface area (TPSA) is 220 Å². The predicted molar refractivity (Wildman–Crippen MR) is 162 cm³/mol. The van der Waals surface area contributed by atoms with Gasteiger partial charge in [0, 0.05) is 20.3 Å². The number of carbonyl (C=O) groups is 5. The van der Waals surface area contributed by atoms with E-state index in [4.69, 9.17) is 37.9 Å². The summed E-state index contributed by atoms with van der Waals surface area (Å²) < 4.78 is 45.6. The minimum Gasteiger partial charge on any atom is -0.463 e. The summed E-state index contributed by atoms with van der Waals surface area (Å²) in [6.07, 6.45) is -11.6. The summed E-state index contributed by atoms with van der Waals surface area (Å²) in [5.74, 6) is -7.61. The van der Waals surface area contributed by atoms with E-state index in [-0.39, 0.29) is 12.3 Å². The first kappa shape index (κ1) is 41.3. The highest BCUT2D eigenvalue weighted by Gasteiger charge is 2.62. The third-order valence-electron chi connectivity index (χ3n) is 8.54. The lowest BCUT2D eigenvalue weighted by Gasteiger charge is -2.46. The van der Waals surface area contributed by atoms with Crippen molar-refractivity contribution in [2.75, 3.05) is 19.8 Å². The zero-order valence-corrected chi connectivity index (χ0v) is 28.9. The van der Waals surface area contributed by atoms with Gasteiger partial charge in [-0.25, -0.2) is 0 Å². The van der Waals surface area contributed by atoms with E-state index in [2.05, 4.69) is 0 Å². The Kier molecular flexibility index (Phi) is 16.1. The van der Waals surface area contributed by atoms with Gasteiger partial charge in [-0.1, -0.05) is 48.0 Å². The van der Waals surface area contributed by atoms with Crippen LogP contribution in [0, 0.1) is 17.8 Å². The van der Waals surface area contributed by atoms with Crippen LogP contribution in [0.4, 0.5) is 0 Å². The van der Waals surface area contributed by atoms with Crippen LogP contribution < -0.4 is 0 Å². The second-order valence-corrected chi connectivity index (χ2v) is 12.4. The zero-order chi connectivity index (χ0) is 36.3. The van der Waals surface area contributed by atoms with E-state index >= 15 is 0 Å². The number of hydrogen-bond donors (Lipinski definition) is 3. The molecular formula is C32H52O16. The maximum atomic E-state index is 13.3. The van der Waals surface area contributed by atoms with Crippen molar-refractivity contribution in [2.45, 2.75) is 136 Å². The summed E-state index contributed by atoms with van der Waals surface area (Å²) in [6.45, 7) is 10.1. The van der Waals surface area contributed by atoms with Crippen molar-refractivity contribution in [3.05, 3.63) is 0 Å². The van der Waals surface area contributed by atoms with E-state index < -0.39 is 116 Å². The first-order valence-electron chi connectivity index (χ1n) is 16.4. The number of aliphatic hydroxyl groups is 3. The molecule has 0 aromatic carbocycles. The number of hydrogen-bond acceptors (Lipinski definition) is 16. The highest BCUT2D eigenvalue weighted by molar-refractivity contribution is 5.73. The van der Waals surface area contributed by atoms with Crippen LogP contribution in [-0.2, 0) is 61.9 Å². The molecule has 16 heteroatoms. The lowest BCUT2D eigenvalue weighted by molar-refractivity contribution is -0.384. The molecular weight excluding hydrogens is 640 g/mol. The van der Waals surface area contributed by atoms with Crippen molar-refractivity contribution in [3.8, 4) is 0 Å². The molecule has 0 spiro atoms. The fraction of sp³-hybridized carbons (Fsp3) is 0.844. The monoisotopic (exact) mass is 692 g/mol. The van der Waals surface area contributed by atoms with Crippen LogP contribution in [0.5, 0.6) is 0 Å². The summed E-state index contributed by atoms with van der Waals surface area (Å²) in [6, 6.07) is 0. The van der Waals surface area contributed by atoms with Crippen molar-refractivity contribution < 1.29 is 77.2 Å². The summed E-state index contributed by atoms with van der Waals surface area (Å²) in [7, 11) is 0. The summed E-state index contributed by atoms with van der Waals surface area (Å²) in [5.41, 5.74) is 0. The Bertz CT molecular complexity index is 1100. The highest BCUT2D eigenvalue weighted by atomic mass is 16.8. The first-order valence-corrected chi connectivity index (χ1v) is 16.4. The molecule has 12 atom stereocenters. The van der Waals surface area contributed by atoms with E-state index in [9.17, 15) is 39.3 Å². The minimum atomic E-state index is -2.42. The van der Waals surface area contributed by atoms with Crippen LogP contribution in [0.3, 0.4) is 0 Å². The molecule has 0 saturated carbocycles. The molecule has 2 heterocycles. The third kappa shape index (κ3) is 10.6. The quantitative estimate of drug-likeness (QED) is 0.143. The molecule has 0 amide bonds. The fourth-order valence-electron chi connectivity index (χ4n) is 4.96. The number of carbonyl (C=O) groups excluding carboxylic acids is 5. The van der Waals surface area contributed by atoms with Crippen LogP contribution in [0.2, 0.25) is 0 Å². The lowest BCUT2D eigenvalue weighted by Crippen LogP contribution is -2.65. The normalized spacial score (nSPS) is 32.0. The Balaban J connectivity index is 2.69. The van der Waals surface area contributed by atoms with Crippen molar-refractivity contribution in [2.24, 2.45) is 17.8 Å². The Labute approximate surface area is 280 Å². The van der Waals surface area contributed by atoms with Crippen LogP contribution in [0.1, 0.15) is 81.1 Å². The second-order valence-electron chi connectivity index (χ2n) is 12.4. The standard InChI is InChI=1S/C32H52O16/c1-9-16(4)12-23(37)44-26-25(45-29(39)17(5)10-2)21(13-33)43-31(27(26)46-30(40)18(6)11-3)48-32(15-34)28(42-20(8)36)24(38)22(47-32)14-41-19(7)35/h16-18,21-22,24-28,31,33-34,38H,9-15H2,1-8H3. The number of esters is 5. The van der Waals surface area contributed by atoms with Crippen molar-refractivity contribution in [1.29, 1.82) is 0 Å². The summed E-state index contributed by atoms with van der Waals surface area (Å²) in [4.78, 5) is 63.1. The number of rotatable bonds is 17. The molecule has 2 aliphatic heterocycles. The van der Waals surface area contributed by atoms with Gasteiger partial charge in [0.15, 0.2) is 24.4 Å². The SMILES string of the molecule is CCC(C)CC(=O)OC1C(OC(=O)C(C)CC)C(CO)OC(OC2(CO)OC(COC(C)=O)C(O)C2OC(C)=O)C1OC(=O)C(C)CC. The Hall–Kier alpha value is -2.89. The van der Waals surface area contributed by atoms with E-state index in [0.29, 0.717) is 19.3 Å². The maximum absolute atomic E-state index is 13.3. The number of ether oxygens (including phenoxy) is 8. The Morgan fingerprint density at radius 3 is 1.83 bits per heavy atom. The smallest absolute Gasteiger partial charge is 0.309 e. The van der Waals surface area contributed by atoms with Crippen molar-refractivity contribution >= 4 is 29.8 Å². The molecule has 0 aromatic heterocycles. The maximum Gasteiger partial charge on any atom is 0.309 e. The van der Waals surface area contributed by atoms with Crippen molar-refractivity contribution in [3.63, 3.8) is 0 Å². The van der Waals surface area contributed by atoms with Gasteiger partial charge in [-0.2, -0.15) is 0 Å². The minimum absolute atomic E-state index is 0.0521. The molecule has 2 saturated heterocycles. The average molecular weight is 693 g/mol. The summed E-state index contributed by atoms with van der Waals surface area (Å²) >= 11 is 0. The summed E-state index contributed by atoms with van der Waals surface area (Å²) in [5, 5.41) is 32.1. The third-order valence-corrected chi connectivity index (χ3v) is 8.54. The molecule has 2 aliphatic rings. The van der Waals surface area contributed by atoms with Gasteiger partial charge < -0.3 is 53.2 Å². The van der Waals surface area contributed by atoms with E-state index in [1.807, 2.05) is 13.8 Å². The van der Waals surface area contributed by atoms with Crippen molar-refractivity contribution in [1.82, 2.24) is 0 Å². The van der Waals surface area contributed by atoms with Gasteiger partial charge in [0.2, 0.25) is 12.1 Å². The molecule has 0 aliphatic carbocycles. The van der Waals surface area contributed by atoms with Crippen LogP contribution in [-0.4, -0.2) is 120 Å². The zero-order valence-electron chi connectivity index (χ0n) is 28.9.